The van der Waals surface area contributed by atoms with Crippen molar-refractivity contribution in [2.24, 2.45) is 0 Å². The van der Waals surface area contributed by atoms with Crippen molar-refractivity contribution in [1.82, 2.24) is 10.2 Å². The molecule has 2 aromatic rings. The normalized spacial score (nSPS) is 17.0. The Balaban J connectivity index is 1.84. The quantitative estimate of drug-likeness (QED) is 0.459. The van der Waals surface area contributed by atoms with Crippen molar-refractivity contribution in [3.05, 3.63) is 65.2 Å². The molecule has 0 bridgehead atoms. The Kier molecular flexibility index (Phi) is 9.93. The molecule has 3 atom stereocenters. The highest BCUT2D eigenvalue weighted by atomic mass is 16.6. The number of methoxy groups -OCH3 is 1. The van der Waals surface area contributed by atoms with E-state index in [4.69, 9.17) is 18.9 Å². The molecule has 1 aliphatic heterocycles. The van der Waals surface area contributed by atoms with Crippen LogP contribution in [0.25, 0.3) is 0 Å². The molecule has 10 heteroatoms. The van der Waals surface area contributed by atoms with E-state index in [2.05, 4.69) is 5.32 Å². The first-order valence-corrected chi connectivity index (χ1v) is 12.9. The molecular formula is C29H38N2O8. The molecule has 3 amide bonds. The summed E-state index contributed by atoms with van der Waals surface area (Å²) in [6.07, 6.45) is -4.20. The van der Waals surface area contributed by atoms with Gasteiger partial charge in [-0.05, 0) is 64.3 Å². The van der Waals surface area contributed by atoms with Crippen molar-refractivity contribution in [3.8, 4) is 5.75 Å². The summed E-state index contributed by atoms with van der Waals surface area (Å²) < 4.78 is 21.8. The van der Waals surface area contributed by atoms with E-state index in [9.17, 15) is 19.5 Å². The number of nitrogens with zero attached hydrogens (tertiary/aromatic N) is 1. The van der Waals surface area contributed by atoms with Crippen LogP contribution in [0.4, 0.5) is 9.59 Å². The average molecular weight is 543 g/mol. The Hall–Kier alpha value is -3.63. The predicted molar refractivity (Wildman–Crippen MR) is 143 cm³/mol. The van der Waals surface area contributed by atoms with Gasteiger partial charge in [-0.15, -0.1) is 0 Å². The number of rotatable bonds is 10. The summed E-state index contributed by atoms with van der Waals surface area (Å²) in [6, 6.07) is 13.8. The van der Waals surface area contributed by atoms with Crippen LogP contribution >= 0.6 is 0 Å². The maximum Gasteiger partial charge on any atom is 0.417 e. The van der Waals surface area contributed by atoms with Crippen molar-refractivity contribution in [2.45, 2.75) is 77.5 Å². The SMILES string of the molecule is COc1ccc(C(O)C(OC(C)C)C(=O)N2C(=O)OCC2Cc2ccccc2)cc1CNC(=O)OC(C)(C)C. The summed E-state index contributed by atoms with van der Waals surface area (Å²) >= 11 is 0. The number of aliphatic hydroxyl groups excluding tert-OH is 1. The Morgan fingerprint density at radius 1 is 1.15 bits per heavy atom. The minimum atomic E-state index is -1.42. The Morgan fingerprint density at radius 3 is 2.46 bits per heavy atom. The van der Waals surface area contributed by atoms with Crippen molar-refractivity contribution in [2.75, 3.05) is 13.7 Å². The zero-order valence-corrected chi connectivity index (χ0v) is 23.3. The number of benzene rings is 2. The summed E-state index contributed by atoms with van der Waals surface area (Å²) in [6.45, 7) is 8.86. The molecule has 0 aromatic heterocycles. The highest BCUT2D eigenvalue weighted by molar-refractivity contribution is 5.96. The van der Waals surface area contributed by atoms with Crippen LogP contribution in [0.3, 0.4) is 0 Å². The third-order valence-electron chi connectivity index (χ3n) is 5.93. The topological polar surface area (TPSA) is 124 Å². The van der Waals surface area contributed by atoms with Crippen molar-refractivity contribution in [1.29, 1.82) is 0 Å². The van der Waals surface area contributed by atoms with Gasteiger partial charge in [-0.25, -0.2) is 14.5 Å². The second-order valence-electron chi connectivity index (χ2n) is 10.6. The van der Waals surface area contributed by atoms with Crippen LogP contribution in [0, 0.1) is 0 Å². The highest BCUT2D eigenvalue weighted by Gasteiger charge is 2.44. The molecule has 2 aromatic carbocycles. The Bertz CT molecular complexity index is 1150. The summed E-state index contributed by atoms with van der Waals surface area (Å²) in [7, 11) is 1.49. The molecule has 0 radical (unpaired) electrons. The number of cyclic esters (lactones) is 1. The minimum absolute atomic E-state index is 0.0486. The second kappa shape index (κ2) is 12.9. The number of hydrogen-bond acceptors (Lipinski definition) is 8. The second-order valence-corrected chi connectivity index (χ2v) is 10.6. The van der Waals surface area contributed by atoms with Crippen LogP contribution in [-0.2, 0) is 32.0 Å². The standard InChI is InChI=1S/C29H38N2O8/c1-18(2)38-25(26(33)31-22(17-37-28(31)35)14-19-10-8-7-9-11-19)24(32)20-12-13-23(36-6)21(15-20)16-30-27(34)39-29(3,4)5/h7-13,15,18,22,24-25,32H,14,16-17H2,1-6H3,(H,30,34). The lowest BCUT2D eigenvalue weighted by molar-refractivity contribution is -0.154. The summed E-state index contributed by atoms with van der Waals surface area (Å²) in [5.41, 5.74) is 1.18. The van der Waals surface area contributed by atoms with E-state index in [1.807, 2.05) is 30.3 Å². The van der Waals surface area contributed by atoms with Gasteiger partial charge in [0.2, 0.25) is 0 Å². The lowest BCUT2D eigenvalue weighted by Gasteiger charge is -2.29. The maximum atomic E-state index is 13.7. The van der Waals surface area contributed by atoms with Crippen molar-refractivity contribution >= 4 is 18.1 Å². The molecule has 39 heavy (non-hydrogen) atoms. The van der Waals surface area contributed by atoms with Gasteiger partial charge in [0.05, 0.1) is 19.3 Å². The molecule has 1 aliphatic rings. The fourth-order valence-electron chi connectivity index (χ4n) is 4.24. The van der Waals surface area contributed by atoms with E-state index in [-0.39, 0.29) is 13.2 Å². The van der Waals surface area contributed by atoms with Crippen molar-refractivity contribution in [3.63, 3.8) is 0 Å². The number of amides is 3. The number of aliphatic hydroxyl groups is 1. The average Bonchev–Trinajstić information content (AvgIpc) is 3.24. The van der Waals surface area contributed by atoms with Crippen molar-refractivity contribution < 1.29 is 38.4 Å². The van der Waals surface area contributed by atoms with E-state index in [0.29, 0.717) is 23.3 Å². The maximum absolute atomic E-state index is 13.7. The Labute approximate surface area is 229 Å². The van der Waals surface area contributed by atoms with Gasteiger partial charge in [0.1, 0.15) is 24.1 Å². The molecule has 10 nitrogen and oxygen atoms in total. The Morgan fingerprint density at radius 2 is 1.85 bits per heavy atom. The number of nitrogens with one attached hydrogen (secondary N) is 1. The van der Waals surface area contributed by atoms with Crippen LogP contribution in [-0.4, -0.2) is 65.7 Å². The van der Waals surface area contributed by atoms with Gasteiger partial charge < -0.3 is 29.4 Å². The molecule has 0 saturated carbocycles. The van der Waals surface area contributed by atoms with Gasteiger partial charge in [-0.2, -0.15) is 0 Å². The third-order valence-corrected chi connectivity index (χ3v) is 5.93. The fourth-order valence-corrected chi connectivity index (χ4v) is 4.24. The highest BCUT2D eigenvalue weighted by Crippen LogP contribution is 2.29. The molecule has 3 rings (SSSR count). The van der Waals surface area contributed by atoms with Crippen LogP contribution in [0.2, 0.25) is 0 Å². The number of ether oxygens (including phenoxy) is 4. The number of alkyl carbamates (subject to hydrolysis) is 1. The summed E-state index contributed by atoms with van der Waals surface area (Å²) in [5, 5.41) is 14.0. The van der Waals surface area contributed by atoms with E-state index in [1.54, 1.807) is 52.8 Å². The molecule has 0 spiro atoms. The van der Waals surface area contributed by atoms with Gasteiger partial charge in [0, 0.05) is 12.1 Å². The molecule has 3 unspecified atom stereocenters. The molecule has 212 valence electrons. The predicted octanol–water partition coefficient (Wildman–Crippen LogP) is 4.14. The van der Waals surface area contributed by atoms with Gasteiger partial charge in [-0.1, -0.05) is 36.4 Å². The third kappa shape index (κ3) is 8.18. The first-order valence-electron chi connectivity index (χ1n) is 12.9. The monoisotopic (exact) mass is 542 g/mol. The fraction of sp³-hybridized carbons (Fsp3) is 0.483. The lowest BCUT2D eigenvalue weighted by Crippen LogP contribution is -2.49. The molecule has 1 saturated heterocycles. The van der Waals surface area contributed by atoms with Crippen LogP contribution in [0.1, 0.15) is 57.4 Å². The first-order chi connectivity index (χ1) is 18.4. The number of carbonyl (C=O) groups excluding carboxylic acids is 3. The number of imide groups is 1. The number of carbonyl (C=O) groups is 3. The van der Waals surface area contributed by atoms with Crippen LogP contribution < -0.4 is 10.1 Å². The van der Waals surface area contributed by atoms with Gasteiger partial charge in [0.15, 0.2) is 6.10 Å². The van der Waals surface area contributed by atoms with E-state index >= 15 is 0 Å². The molecule has 2 N–H and O–H groups in total. The van der Waals surface area contributed by atoms with E-state index in [0.717, 1.165) is 10.5 Å². The lowest BCUT2D eigenvalue weighted by atomic mass is 9.99. The minimum Gasteiger partial charge on any atom is -0.496 e. The molecule has 1 heterocycles. The number of hydrogen-bond donors (Lipinski definition) is 2. The molecule has 0 aliphatic carbocycles. The molecule has 1 fully saturated rings. The largest absolute Gasteiger partial charge is 0.496 e. The zero-order chi connectivity index (χ0) is 28.7. The molecular weight excluding hydrogens is 504 g/mol. The summed E-state index contributed by atoms with van der Waals surface area (Å²) in [5.74, 6) is -0.218. The van der Waals surface area contributed by atoms with Gasteiger partial charge in [0.25, 0.3) is 5.91 Å². The van der Waals surface area contributed by atoms with Crippen LogP contribution in [0.15, 0.2) is 48.5 Å². The summed E-state index contributed by atoms with van der Waals surface area (Å²) in [4.78, 5) is 39.5. The smallest absolute Gasteiger partial charge is 0.417 e. The van der Waals surface area contributed by atoms with E-state index < -0.39 is 48.0 Å². The van der Waals surface area contributed by atoms with Gasteiger partial charge in [-0.3, -0.25) is 4.79 Å². The van der Waals surface area contributed by atoms with Gasteiger partial charge >= 0.3 is 12.2 Å². The van der Waals surface area contributed by atoms with Crippen LogP contribution in [0.5, 0.6) is 5.75 Å². The first kappa shape index (κ1) is 29.9. The zero-order valence-electron chi connectivity index (χ0n) is 23.3. The van der Waals surface area contributed by atoms with E-state index in [1.165, 1.54) is 7.11 Å².